The number of aryl methyl sites for hydroxylation is 2. The molecule has 0 aliphatic carbocycles. The van der Waals surface area contributed by atoms with Crippen molar-refractivity contribution in [3.05, 3.63) is 29.3 Å². The van der Waals surface area contributed by atoms with E-state index < -0.39 is 0 Å². The van der Waals surface area contributed by atoms with Gasteiger partial charge in [-0.1, -0.05) is 12.1 Å². The fraction of sp³-hybridized carbons (Fsp3) is 0.667. The number of anilines is 1. The maximum absolute atomic E-state index is 13.0. The fourth-order valence-electron chi connectivity index (χ4n) is 4.65. The number of rotatable bonds is 8. The van der Waals surface area contributed by atoms with E-state index in [9.17, 15) is 9.59 Å². The first-order valence-electron chi connectivity index (χ1n) is 11.6. The largest absolute Gasteiger partial charge is 0.375 e. The van der Waals surface area contributed by atoms with Crippen molar-refractivity contribution in [3.63, 3.8) is 0 Å². The van der Waals surface area contributed by atoms with Gasteiger partial charge < -0.3 is 24.8 Å². The molecule has 0 saturated carbocycles. The van der Waals surface area contributed by atoms with E-state index in [1.165, 1.54) is 25.9 Å². The molecular formula is C24H38N4O3. The molecule has 2 heterocycles. The van der Waals surface area contributed by atoms with Crippen molar-refractivity contribution >= 4 is 17.6 Å². The number of hydrogen-bond acceptors (Lipinski definition) is 4. The summed E-state index contributed by atoms with van der Waals surface area (Å²) in [5, 5.41) is 3.07. The predicted octanol–water partition coefficient (Wildman–Crippen LogP) is 3.26. The van der Waals surface area contributed by atoms with E-state index in [2.05, 4.69) is 10.2 Å². The van der Waals surface area contributed by atoms with Gasteiger partial charge >= 0.3 is 6.03 Å². The van der Waals surface area contributed by atoms with Crippen LogP contribution in [0.4, 0.5) is 10.5 Å². The molecule has 1 atom stereocenters. The monoisotopic (exact) mass is 430 g/mol. The molecule has 3 rings (SSSR count). The lowest BCUT2D eigenvalue weighted by molar-refractivity contribution is -0.138. The first-order valence-corrected chi connectivity index (χ1v) is 11.6. The summed E-state index contributed by atoms with van der Waals surface area (Å²) in [5.74, 6) is 0.0192. The normalized spacial score (nSPS) is 19.5. The second-order valence-electron chi connectivity index (χ2n) is 8.91. The van der Waals surface area contributed by atoms with Gasteiger partial charge in [0.15, 0.2) is 0 Å². The zero-order valence-corrected chi connectivity index (χ0v) is 19.4. The minimum absolute atomic E-state index is 0.0192. The summed E-state index contributed by atoms with van der Waals surface area (Å²) in [6.07, 6.45) is 5.33. The van der Waals surface area contributed by atoms with Crippen LogP contribution in [0.2, 0.25) is 0 Å². The molecule has 2 aliphatic rings. The molecule has 1 N–H and O–H groups in total. The Bertz CT molecular complexity index is 748. The molecule has 1 aromatic carbocycles. The first kappa shape index (κ1) is 23.5. The van der Waals surface area contributed by atoms with Gasteiger partial charge in [0.2, 0.25) is 5.91 Å². The van der Waals surface area contributed by atoms with Gasteiger partial charge in [0, 0.05) is 38.5 Å². The van der Waals surface area contributed by atoms with E-state index in [4.69, 9.17) is 4.74 Å². The van der Waals surface area contributed by atoms with Crippen molar-refractivity contribution in [1.29, 1.82) is 0 Å². The SMILES string of the molecule is COCC(=O)N(CCCN1CCCC1)C1CCCN(C(=O)Nc2cc(C)ccc2C)C1. The molecule has 3 amide bonds. The van der Waals surface area contributed by atoms with Crippen molar-refractivity contribution in [2.24, 2.45) is 0 Å². The summed E-state index contributed by atoms with van der Waals surface area (Å²) in [4.78, 5) is 32.0. The zero-order chi connectivity index (χ0) is 22.2. The summed E-state index contributed by atoms with van der Waals surface area (Å²) < 4.78 is 5.14. The summed E-state index contributed by atoms with van der Waals surface area (Å²) in [7, 11) is 1.56. The van der Waals surface area contributed by atoms with Gasteiger partial charge in [0.1, 0.15) is 6.61 Å². The zero-order valence-electron chi connectivity index (χ0n) is 19.4. The number of likely N-dealkylation sites (tertiary alicyclic amines) is 2. The van der Waals surface area contributed by atoms with Crippen LogP contribution in [0.15, 0.2) is 18.2 Å². The summed E-state index contributed by atoms with van der Waals surface area (Å²) >= 11 is 0. The average Bonchev–Trinajstić information content (AvgIpc) is 3.27. The maximum atomic E-state index is 13.0. The van der Waals surface area contributed by atoms with Gasteiger partial charge in [0.25, 0.3) is 0 Å². The molecule has 2 aliphatic heterocycles. The molecule has 31 heavy (non-hydrogen) atoms. The third-order valence-corrected chi connectivity index (χ3v) is 6.42. The Morgan fingerprint density at radius 2 is 1.94 bits per heavy atom. The van der Waals surface area contributed by atoms with Gasteiger partial charge in [-0.25, -0.2) is 4.79 Å². The predicted molar refractivity (Wildman–Crippen MR) is 123 cm³/mol. The molecule has 172 valence electrons. The molecular weight excluding hydrogens is 392 g/mol. The Labute approximate surface area is 186 Å². The van der Waals surface area contributed by atoms with Crippen molar-refractivity contribution in [2.45, 2.75) is 52.0 Å². The number of carbonyl (C=O) groups is 2. The van der Waals surface area contributed by atoms with Gasteiger partial charge in [0.05, 0.1) is 0 Å². The Balaban J connectivity index is 1.60. The smallest absolute Gasteiger partial charge is 0.321 e. The highest BCUT2D eigenvalue weighted by atomic mass is 16.5. The number of hydrogen-bond donors (Lipinski definition) is 1. The number of methoxy groups -OCH3 is 1. The van der Waals surface area contributed by atoms with E-state index in [-0.39, 0.29) is 24.6 Å². The summed E-state index contributed by atoms with van der Waals surface area (Å²) in [6.45, 7) is 9.48. The average molecular weight is 431 g/mol. The quantitative estimate of drug-likeness (QED) is 0.688. The molecule has 2 saturated heterocycles. The second kappa shape index (κ2) is 11.5. The lowest BCUT2D eigenvalue weighted by atomic mass is 10.0. The Hall–Kier alpha value is -2.12. The van der Waals surface area contributed by atoms with Gasteiger partial charge in [-0.2, -0.15) is 0 Å². The van der Waals surface area contributed by atoms with Crippen molar-refractivity contribution < 1.29 is 14.3 Å². The van der Waals surface area contributed by atoms with E-state index in [0.29, 0.717) is 13.1 Å². The Morgan fingerprint density at radius 3 is 2.68 bits per heavy atom. The van der Waals surface area contributed by atoms with E-state index in [1.54, 1.807) is 7.11 Å². The topological polar surface area (TPSA) is 65.1 Å². The molecule has 0 bridgehead atoms. The van der Waals surface area contributed by atoms with Crippen LogP contribution in [0, 0.1) is 13.8 Å². The van der Waals surface area contributed by atoms with Crippen molar-refractivity contribution in [2.75, 3.05) is 58.3 Å². The molecule has 1 unspecified atom stereocenters. The van der Waals surface area contributed by atoms with Crippen LogP contribution in [-0.4, -0.2) is 85.7 Å². The third kappa shape index (κ3) is 6.68. The minimum Gasteiger partial charge on any atom is -0.375 e. The fourth-order valence-corrected chi connectivity index (χ4v) is 4.65. The first-order chi connectivity index (χ1) is 15.0. The van der Waals surface area contributed by atoms with Crippen LogP contribution < -0.4 is 5.32 Å². The molecule has 1 aromatic rings. The Morgan fingerprint density at radius 1 is 1.16 bits per heavy atom. The minimum atomic E-state index is -0.0883. The highest BCUT2D eigenvalue weighted by Crippen LogP contribution is 2.21. The van der Waals surface area contributed by atoms with E-state index >= 15 is 0 Å². The molecule has 7 nitrogen and oxygen atoms in total. The number of benzene rings is 1. The number of piperidine rings is 1. The van der Waals surface area contributed by atoms with Crippen molar-refractivity contribution in [3.8, 4) is 0 Å². The van der Waals surface area contributed by atoms with Gasteiger partial charge in [-0.05, 0) is 82.8 Å². The number of carbonyl (C=O) groups excluding carboxylic acids is 2. The number of nitrogens with zero attached hydrogens (tertiary/aromatic N) is 3. The number of urea groups is 1. The van der Waals surface area contributed by atoms with Gasteiger partial charge in [-0.3, -0.25) is 4.79 Å². The lowest BCUT2D eigenvalue weighted by Crippen LogP contribution is -2.53. The van der Waals surface area contributed by atoms with E-state index in [0.717, 1.165) is 49.2 Å². The lowest BCUT2D eigenvalue weighted by Gasteiger charge is -2.39. The molecule has 0 radical (unpaired) electrons. The van der Waals surface area contributed by atoms with Crippen LogP contribution in [0.3, 0.4) is 0 Å². The second-order valence-corrected chi connectivity index (χ2v) is 8.91. The summed E-state index contributed by atoms with van der Waals surface area (Å²) in [5.41, 5.74) is 3.02. The van der Waals surface area contributed by atoms with Crippen LogP contribution in [0.5, 0.6) is 0 Å². The Kier molecular flexibility index (Phi) is 8.72. The number of nitrogens with one attached hydrogen (secondary N) is 1. The van der Waals surface area contributed by atoms with Gasteiger partial charge in [-0.15, -0.1) is 0 Å². The summed E-state index contributed by atoms with van der Waals surface area (Å²) in [6, 6.07) is 6.02. The standard InChI is InChI=1S/C24H38N4O3/c1-19-9-10-20(2)22(16-19)25-24(30)27-14-6-8-21(17-27)28(23(29)18-31-3)15-7-13-26-11-4-5-12-26/h9-10,16,21H,4-8,11-15,17-18H2,1-3H3,(H,25,30). The van der Waals surface area contributed by atoms with Crippen LogP contribution in [0.1, 0.15) is 43.2 Å². The maximum Gasteiger partial charge on any atom is 0.321 e. The third-order valence-electron chi connectivity index (χ3n) is 6.42. The molecule has 7 heteroatoms. The molecule has 0 spiro atoms. The number of amides is 3. The highest BCUT2D eigenvalue weighted by Gasteiger charge is 2.30. The van der Waals surface area contributed by atoms with E-state index in [1.807, 2.05) is 41.8 Å². The molecule has 2 fully saturated rings. The highest BCUT2D eigenvalue weighted by molar-refractivity contribution is 5.90. The number of ether oxygens (including phenoxy) is 1. The van der Waals surface area contributed by atoms with Crippen molar-refractivity contribution in [1.82, 2.24) is 14.7 Å². The molecule has 0 aromatic heterocycles. The van der Waals surface area contributed by atoms with Crippen LogP contribution in [-0.2, 0) is 9.53 Å². The van der Waals surface area contributed by atoms with Crippen LogP contribution >= 0.6 is 0 Å². The van der Waals surface area contributed by atoms with Crippen LogP contribution in [0.25, 0.3) is 0 Å².